The summed E-state index contributed by atoms with van der Waals surface area (Å²) in [6.45, 7) is 5.80. The molecule has 9 heteroatoms. The number of nitrogens with zero attached hydrogens (tertiary/aromatic N) is 6. The summed E-state index contributed by atoms with van der Waals surface area (Å²) in [6.07, 6.45) is 0. The van der Waals surface area contributed by atoms with Gasteiger partial charge in [-0.1, -0.05) is 46.3 Å². The van der Waals surface area contributed by atoms with E-state index in [0.29, 0.717) is 17.8 Å². The topological polar surface area (TPSA) is 92.9 Å². The van der Waals surface area contributed by atoms with Crippen LogP contribution in [0, 0.1) is 13.8 Å². The van der Waals surface area contributed by atoms with Crippen molar-refractivity contribution < 1.29 is 0 Å². The summed E-state index contributed by atoms with van der Waals surface area (Å²) in [7, 11) is 0. The molecule has 0 saturated heterocycles. The molecular weight excluding hydrogens is 456 g/mol. The van der Waals surface area contributed by atoms with Gasteiger partial charge in [0, 0.05) is 15.9 Å². The summed E-state index contributed by atoms with van der Waals surface area (Å²) >= 11 is 3.45. The molecule has 2 aromatic heterocycles. The highest BCUT2D eigenvalue weighted by atomic mass is 79.9. The minimum absolute atomic E-state index is 0.312. The SMILES string of the molecule is C/C(=N/Nc1nc(Nc2ccccc2)nc(-n2nc(C)cc2C)n1)c1ccc(Br)cc1. The number of nitrogens with one attached hydrogen (secondary N) is 2. The molecule has 2 heterocycles. The number of para-hydroxylation sites is 1. The van der Waals surface area contributed by atoms with Gasteiger partial charge >= 0.3 is 0 Å². The number of hydrogen-bond donors (Lipinski definition) is 2. The summed E-state index contributed by atoms with van der Waals surface area (Å²) in [4.78, 5) is 13.5. The van der Waals surface area contributed by atoms with Crippen molar-refractivity contribution in [2.45, 2.75) is 20.8 Å². The van der Waals surface area contributed by atoms with Crippen LogP contribution in [0.25, 0.3) is 5.95 Å². The second kappa shape index (κ2) is 9.05. The molecule has 4 rings (SSSR count). The highest BCUT2D eigenvalue weighted by molar-refractivity contribution is 9.10. The summed E-state index contributed by atoms with van der Waals surface area (Å²) in [6, 6.07) is 19.6. The molecule has 31 heavy (non-hydrogen) atoms. The third-order valence-corrected chi connectivity index (χ3v) is 4.97. The second-order valence-electron chi connectivity index (χ2n) is 6.93. The van der Waals surface area contributed by atoms with E-state index in [9.17, 15) is 0 Å². The Balaban J connectivity index is 1.67. The summed E-state index contributed by atoms with van der Waals surface area (Å²) in [5.41, 5.74) is 7.43. The average molecular weight is 477 g/mol. The van der Waals surface area contributed by atoms with Crippen molar-refractivity contribution in [3.05, 3.63) is 82.1 Å². The van der Waals surface area contributed by atoms with Crippen LogP contribution in [-0.2, 0) is 0 Å². The molecule has 0 fully saturated rings. The van der Waals surface area contributed by atoms with E-state index in [2.05, 4.69) is 51.8 Å². The Bertz CT molecular complexity index is 1220. The normalized spacial score (nSPS) is 11.4. The zero-order valence-corrected chi connectivity index (χ0v) is 18.9. The Morgan fingerprint density at radius 2 is 1.65 bits per heavy atom. The van der Waals surface area contributed by atoms with Gasteiger partial charge in [-0.3, -0.25) is 0 Å². The van der Waals surface area contributed by atoms with Crippen LogP contribution in [0.4, 0.5) is 17.6 Å². The quantitative estimate of drug-likeness (QED) is 0.299. The van der Waals surface area contributed by atoms with Gasteiger partial charge in [0.2, 0.25) is 11.9 Å². The molecule has 4 aromatic rings. The molecule has 0 bridgehead atoms. The lowest BCUT2D eigenvalue weighted by molar-refractivity contribution is 0.767. The van der Waals surface area contributed by atoms with E-state index in [1.165, 1.54) is 0 Å². The molecule has 2 aromatic carbocycles. The molecule has 0 aliphatic carbocycles. The fourth-order valence-electron chi connectivity index (χ4n) is 2.94. The molecule has 0 atom stereocenters. The molecule has 0 radical (unpaired) electrons. The van der Waals surface area contributed by atoms with Crippen molar-refractivity contribution in [1.82, 2.24) is 24.7 Å². The van der Waals surface area contributed by atoms with Gasteiger partial charge in [0.25, 0.3) is 5.95 Å². The average Bonchev–Trinajstić information content (AvgIpc) is 3.11. The van der Waals surface area contributed by atoms with Crippen molar-refractivity contribution in [2.75, 3.05) is 10.7 Å². The van der Waals surface area contributed by atoms with Gasteiger partial charge in [-0.15, -0.1) is 0 Å². The van der Waals surface area contributed by atoms with Crippen molar-refractivity contribution in [1.29, 1.82) is 0 Å². The maximum absolute atomic E-state index is 4.54. The van der Waals surface area contributed by atoms with Gasteiger partial charge in [-0.2, -0.15) is 25.2 Å². The lowest BCUT2D eigenvalue weighted by Crippen LogP contribution is -2.11. The van der Waals surface area contributed by atoms with Crippen molar-refractivity contribution in [2.24, 2.45) is 5.10 Å². The van der Waals surface area contributed by atoms with Crippen LogP contribution in [0.1, 0.15) is 23.9 Å². The monoisotopic (exact) mass is 476 g/mol. The zero-order chi connectivity index (χ0) is 21.8. The molecule has 0 aliphatic heterocycles. The van der Waals surface area contributed by atoms with E-state index in [4.69, 9.17) is 0 Å². The number of halogens is 1. The smallest absolute Gasteiger partial charge is 0.257 e. The highest BCUT2D eigenvalue weighted by Gasteiger charge is 2.12. The first kappa shape index (κ1) is 20.7. The number of benzene rings is 2. The Morgan fingerprint density at radius 3 is 2.32 bits per heavy atom. The van der Waals surface area contributed by atoms with Crippen LogP contribution in [0.15, 0.2) is 70.2 Å². The van der Waals surface area contributed by atoms with E-state index < -0.39 is 0 Å². The van der Waals surface area contributed by atoms with Gasteiger partial charge in [0.05, 0.1) is 11.4 Å². The van der Waals surface area contributed by atoms with Crippen LogP contribution < -0.4 is 10.7 Å². The fraction of sp³-hybridized carbons (Fsp3) is 0.136. The van der Waals surface area contributed by atoms with E-state index >= 15 is 0 Å². The van der Waals surface area contributed by atoms with E-state index in [-0.39, 0.29) is 0 Å². The van der Waals surface area contributed by atoms with Crippen LogP contribution in [-0.4, -0.2) is 30.4 Å². The highest BCUT2D eigenvalue weighted by Crippen LogP contribution is 2.17. The summed E-state index contributed by atoms with van der Waals surface area (Å²) < 4.78 is 2.70. The molecule has 2 N–H and O–H groups in total. The van der Waals surface area contributed by atoms with Gasteiger partial charge in [0.15, 0.2) is 0 Å². The summed E-state index contributed by atoms with van der Waals surface area (Å²) in [5, 5.41) is 12.1. The second-order valence-corrected chi connectivity index (χ2v) is 7.84. The zero-order valence-electron chi connectivity index (χ0n) is 17.3. The predicted octanol–water partition coefficient (Wildman–Crippen LogP) is 5.02. The minimum Gasteiger partial charge on any atom is -0.324 e. The lowest BCUT2D eigenvalue weighted by atomic mass is 10.1. The predicted molar refractivity (Wildman–Crippen MR) is 126 cm³/mol. The number of anilines is 3. The van der Waals surface area contributed by atoms with Gasteiger partial charge in [0.1, 0.15) is 0 Å². The number of aromatic nitrogens is 5. The van der Waals surface area contributed by atoms with E-state index in [1.807, 2.05) is 81.4 Å². The third-order valence-electron chi connectivity index (χ3n) is 4.44. The van der Waals surface area contributed by atoms with Gasteiger partial charge in [-0.05, 0) is 56.7 Å². The van der Waals surface area contributed by atoms with E-state index in [0.717, 1.165) is 32.8 Å². The van der Waals surface area contributed by atoms with Crippen molar-refractivity contribution in [3.63, 3.8) is 0 Å². The molecule has 0 aliphatic rings. The van der Waals surface area contributed by atoms with Crippen LogP contribution >= 0.6 is 15.9 Å². The molecule has 0 spiro atoms. The third kappa shape index (κ3) is 5.13. The van der Waals surface area contributed by atoms with Crippen molar-refractivity contribution in [3.8, 4) is 5.95 Å². The lowest BCUT2D eigenvalue weighted by Gasteiger charge is -2.10. The Morgan fingerprint density at radius 1 is 0.935 bits per heavy atom. The molecule has 0 amide bonds. The van der Waals surface area contributed by atoms with Crippen LogP contribution in [0.2, 0.25) is 0 Å². The van der Waals surface area contributed by atoms with Crippen molar-refractivity contribution >= 4 is 39.2 Å². The minimum atomic E-state index is 0.312. The van der Waals surface area contributed by atoms with Gasteiger partial charge in [-0.25, -0.2) is 10.1 Å². The molecule has 156 valence electrons. The molecule has 8 nitrogen and oxygen atoms in total. The van der Waals surface area contributed by atoms with Gasteiger partial charge < -0.3 is 5.32 Å². The maximum Gasteiger partial charge on any atom is 0.257 e. The molecule has 0 saturated carbocycles. The number of hydrogen-bond acceptors (Lipinski definition) is 7. The molecule has 0 unspecified atom stereocenters. The Hall–Kier alpha value is -3.59. The number of aryl methyl sites for hydroxylation is 2. The Kier molecular flexibility index (Phi) is 6.03. The first-order valence-electron chi connectivity index (χ1n) is 9.66. The standard InChI is InChI=1S/C22H21BrN8/c1-14-13-15(2)31(30-14)22-26-20(24-19-7-5-4-6-8-19)25-21(27-22)29-28-16(3)17-9-11-18(23)12-10-17/h4-13H,1-3H3,(H2,24,25,26,27,29)/b28-16-. The summed E-state index contributed by atoms with van der Waals surface area (Å²) in [5.74, 6) is 1.10. The van der Waals surface area contributed by atoms with E-state index in [1.54, 1.807) is 4.68 Å². The number of hydrazone groups is 1. The Labute approximate surface area is 188 Å². The molecular formula is C22H21BrN8. The van der Waals surface area contributed by atoms with Crippen LogP contribution in [0.5, 0.6) is 0 Å². The number of rotatable bonds is 6. The van der Waals surface area contributed by atoms with Crippen LogP contribution in [0.3, 0.4) is 0 Å². The fourth-order valence-corrected chi connectivity index (χ4v) is 3.20. The largest absolute Gasteiger partial charge is 0.324 e. The maximum atomic E-state index is 4.54. The first-order chi connectivity index (χ1) is 15.0. The first-order valence-corrected chi connectivity index (χ1v) is 10.5.